The highest BCUT2D eigenvalue weighted by atomic mass is 35.5. The molecule has 0 radical (unpaired) electrons. The Balaban J connectivity index is 2.18. The van der Waals surface area contributed by atoms with Gasteiger partial charge in [0.1, 0.15) is 5.38 Å². The molecule has 4 nitrogen and oxygen atoms in total. The predicted octanol–water partition coefficient (Wildman–Crippen LogP) is 2.86. The first-order valence-electron chi connectivity index (χ1n) is 6.28. The molecule has 3 unspecified atom stereocenters. The normalized spacial score (nSPS) is 28.1. The first-order chi connectivity index (χ1) is 8.90. The number of carbonyl (C=O) groups is 1. The fourth-order valence-electron chi connectivity index (χ4n) is 2.00. The van der Waals surface area contributed by atoms with Crippen molar-refractivity contribution in [3.8, 4) is 0 Å². The smallest absolute Gasteiger partial charge is 0.242 e. The van der Waals surface area contributed by atoms with Gasteiger partial charge in [-0.3, -0.25) is 4.79 Å². The number of ether oxygens (including phenoxy) is 2. The van der Waals surface area contributed by atoms with Crippen molar-refractivity contribution in [3.63, 3.8) is 0 Å². The number of benzene rings is 1. The lowest BCUT2D eigenvalue weighted by molar-refractivity contribution is -0.159. The minimum Gasteiger partial charge on any atom is -0.343 e. The number of nitrogens with one attached hydrogen (secondary N) is 1. The summed E-state index contributed by atoms with van der Waals surface area (Å²) < 4.78 is 11.5. The Kier molecular flexibility index (Phi) is 4.13. The standard InChI is InChI=1S/C14H18ClNO3/c1-9-8-18-14(3,19-9)11-5-4-6-12(7-11)16-13(17)10(2)15/h4-7,9-10H,8H2,1-3H3,(H,16,17). The second kappa shape index (κ2) is 5.49. The topological polar surface area (TPSA) is 47.6 Å². The van der Waals surface area contributed by atoms with Crippen molar-refractivity contribution in [1.82, 2.24) is 0 Å². The van der Waals surface area contributed by atoms with Crippen LogP contribution in [0.4, 0.5) is 5.69 Å². The van der Waals surface area contributed by atoms with Gasteiger partial charge in [0.2, 0.25) is 5.91 Å². The van der Waals surface area contributed by atoms with Crippen LogP contribution in [0, 0.1) is 0 Å². The van der Waals surface area contributed by atoms with E-state index in [0.29, 0.717) is 12.3 Å². The molecule has 0 aliphatic carbocycles. The van der Waals surface area contributed by atoms with Gasteiger partial charge in [0.05, 0.1) is 12.7 Å². The molecule has 19 heavy (non-hydrogen) atoms. The zero-order valence-corrected chi connectivity index (χ0v) is 12.0. The van der Waals surface area contributed by atoms with Gasteiger partial charge >= 0.3 is 0 Å². The molecule has 1 aromatic carbocycles. The maximum atomic E-state index is 11.6. The van der Waals surface area contributed by atoms with Crippen LogP contribution in [0.5, 0.6) is 0 Å². The Labute approximate surface area is 118 Å². The summed E-state index contributed by atoms with van der Waals surface area (Å²) in [4.78, 5) is 11.6. The van der Waals surface area contributed by atoms with E-state index in [2.05, 4.69) is 5.32 Å². The summed E-state index contributed by atoms with van der Waals surface area (Å²) >= 11 is 5.73. The number of hydrogen-bond donors (Lipinski definition) is 1. The third-order valence-corrected chi connectivity index (χ3v) is 3.23. The first-order valence-corrected chi connectivity index (χ1v) is 6.71. The third-order valence-electron chi connectivity index (χ3n) is 3.04. The van der Waals surface area contributed by atoms with Crippen molar-refractivity contribution in [2.75, 3.05) is 11.9 Å². The molecular formula is C14H18ClNO3. The lowest BCUT2D eigenvalue weighted by atomic mass is 10.1. The van der Waals surface area contributed by atoms with Gasteiger partial charge in [-0.05, 0) is 32.9 Å². The lowest BCUT2D eigenvalue weighted by Gasteiger charge is -2.24. The van der Waals surface area contributed by atoms with Gasteiger partial charge in [-0.1, -0.05) is 12.1 Å². The molecule has 3 atom stereocenters. The van der Waals surface area contributed by atoms with Crippen molar-refractivity contribution in [3.05, 3.63) is 29.8 Å². The van der Waals surface area contributed by atoms with E-state index in [0.717, 1.165) is 5.56 Å². The average molecular weight is 284 g/mol. The van der Waals surface area contributed by atoms with E-state index in [1.165, 1.54) is 0 Å². The molecule has 1 heterocycles. The number of halogens is 1. The summed E-state index contributed by atoms with van der Waals surface area (Å²) in [6.07, 6.45) is 0.0612. The Morgan fingerprint density at radius 3 is 2.89 bits per heavy atom. The van der Waals surface area contributed by atoms with Crippen LogP contribution in [0.15, 0.2) is 24.3 Å². The quantitative estimate of drug-likeness (QED) is 0.868. The molecule has 0 bridgehead atoms. The molecule has 1 fully saturated rings. The van der Waals surface area contributed by atoms with Crippen LogP contribution in [0.3, 0.4) is 0 Å². The van der Waals surface area contributed by atoms with Crippen LogP contribution in [-0.2, 0) is 20.1 Å². The number of alkyl halides is 1. The first kappa shape index (κ1) is 14.3. The molecule has 104 valence electrons. The average Bonchev–Trinajstić information content (AvgIpc) is 2.71. The van der Waals surface area contributed by atoms with Gasteiger partial charge < -0.3 is 14.8 Å². The lowest BCUT2D eigenvalue weighted by Crippen LogP contribution is -2.24. The van der Waals surface area contributed by atoms with Crippen molar-refractivity contribution in [2.45, 2.75) is 38.0 Å². The molecule has 1 aromatic rings. The van der Waals surface area contributed by atoms with E-state index < -0.39 is 11.2 Å². The van der Waals surface area contributed by atoms with Gasteiger partial charge in [-0.25, -0.2) is 0 Å². The molecule has 1 aliphatic heterocycles. The highest BCUT2D eigenvalue weighted by Crippen LogP contribution is 2.34. The molecule has 1 N–H and O–H groups in total. The second-order valence-corrected chi connectivity index (χ2v) is 5.53. The van der Waals surface area contributed by atoms with Gasteiger partial charge in [-0.15, -0.1) is 11.6 Å². The zero-order chi connectivity index (χ0) is 14.0. The van der Waals surface area contributed by atoms with E-state index in [4.69, 9.17) is 21.1 Å². The predicted molar refractivity (Wildman–Crippen MR) is 74.2 cm³/mol. The van der Waals surface area contributed by atoms with E-state index in [-0.39, 0.29) is 12.0 Å². The van der Waals surface area contributed by atoms with Crippen molar-refractivity contribution in [1.29, 1.82) is 0 Å². The molecule has 1 amide bonds. The minimum atomic E-state index is -0.757. The summed E-state index contributed by atoms with van der Waals surface area (Å²) in [5.74, 6) is -0.988. The number of hydrogen-bond acceptors (Lipinski definition) is 3. The van der Waals surface area contributed by atoms with Gasteiger partial charge in [-0.2, -0.15) is 0 Å². The van der Waals surface area contributed by atoms with E-state index in [9.17, 15) is 4.79 Å². The van der Waals surface area contributed by atoms with Crippen LogP contribution in [0.2, 0.25) is 0 Å². The van der Waals surface area contributed by atoms with Crippen molar-refractivity contribution < 1.29 is 14.3 Å². The number of rotatable bonds is 3. The molecule has 2 rings (SSSR count). The highest BCUT2D eigenvalue weighted by molar-refractivity contribution is 6.32. The largest absolute Gasteiger partial charge is 0.343 e. The highest BCUT2D eigenvalue weighted by Gasteiger charge is 2.37. The number of anilines is 1. The van der Waals surface area contributed by atoms with Crippen LogP contribution in [0.1, 0.15) is 26.3 Å². The fourth-order valence-corrected chi connectivity index (χ4v) is 2.06. The van der Waals surface area contributed by atoms with Crippen LogP contribution in [0.25, 0.3) is 0 Å². The van der Waals surface area contributed by atoms with E-state index in [1.807, 2.05) is 38.1 Å². The molecule has 1 aliphatic rings. The van der Waals surface area contributed by atoms with Crippen molar-refractivity contribution >= 4 is 23.2 Å². The summed E-state index contributed by atoms with van der Waals surface area (Å²) in [5, 5.41) is 2.18. The Hall–Kier alpha value is -1.10. The fraction of sp³-hybridized carbons (Fsp3) is 0.500. The summed E-state index contributed by atoms with van der Waals surface area (Å²) in [5.41, 5.74) is 1.56. The molecule has 1 saturated heterocycles. The maximum Gasteiger partial charge on any atom is 0.242 e. The van der Waals surface area contributed by atoms with Crippen LogP contribution >= 0.6 is 11.6 Å². The third kappa shape index (κ3) is 3.26. The van der Waals surface area contributed by atoms with E-state index >= 15 is 0 Å². The van der Waals surface area contributed by atoms with E-state index in [1.54, 1.807) is 6.92 Å². The maximum absolute atomic E-state index is 11.6. The Morgan fingerprint density at radius 2 is 2.32 bits per heavy atom. The SMILES string of the molecule is CC1COC(C)(c2cccc(NC(=O)C(C)Cl)c2)O1. The molecule has 0 saturated carbocycles. The second-order valence-electron chi connectivity index (χ2n) is 4.87. The zero-order valence-electron chi connectivity index (χ0n) is 11.3. The monoisotopic (exact) mass is 283 g/mol. The molecule has 5 heteroatoms. The summed E-state index contributed by atoms with van der Waals surface area (Å²) in [6, 6.07) is 7.42. The summed E-state index contributed by atoms with van der Waals surface area (Å²) in [7, 11) is 0. The van der Waals surface area contributed by atoms with Crippen molar-refractivity contribution in [2.24, 2.45) is 0 Å². The van der Waals surface area contributed by atoms with Gasteiger partial charge in [0.15, 0.2) is 5.79 Å². The molecule has 0 spiro atoms. The Bertz CT molecular complexity index is 478. The number of carbonyl (C=O) groups excluding carboxylic acids is 1. The Morgan fingerprint density at radius 1 is 1.58 bits per heavy atom. The summed E-state index contributed by atoms with van der Waals surface area (Å²) in [6.45, 7) is 6.03. The van der Waals surface area contributed by atoms with Crippen LogP contribution in [-0.4, -0.2) is 24.0 Å². The number of amides is 1. The van der Waals surface area contributed by atoms with Gasteiger partial charge in [0.25, 0.3) is 0 Å². The molecule has 0 aromatic heterocycles. The van der Waals surface area contributed by atoms with Gasteiger partial charge in [0, 0.05) is 11.3 Å². The molecular weight excluding hydrogens is 266 g/mol. The van der Waals surface area contributed by atoms with Crippen LogP contribution < -0.4 is 5.32 Å². The minimum absolute atomic E-state index is 0.0612.